The van der Waals surface area contributed by atoms with E-state index in [0.717, 1.165) is 11.4 Å². The number of hydrogen-bond acceptors (Lipinski definition) is 3. The summed E-state index contributed by atoms with van der Waals surface area (Å²) in [4.78, 5) is 29.0. The Morgan fingerprint density at radius 1 is 1.20 bits per heavy atom. The van der Waals surface area contributed by atoms with Crippen LogP contribution >= 0.6 is 0 Å². The Balaban J connectivity index is 2.22. The van der Waals surface area contributed by atoms with E-state index in [-0.39, 0.29) is 11.8 Å². The molecule has 0 aliphatic carbocycles. The van der Waals surface area contributed by atoms with Crippen molar-refractivity contribution in [2.45, 2.75) is 40.3 Å². The topological polar surface area (TPSA) is 63.6 Å². The quantitative estimate of drug-likeness (QED) is 0.623. The number of esters is 1. The van der Waals surface area contributed by atoms with Gasteiger partial charge in [-0.05, 0) is 38.8 Å². The SMILES string of the molecule is COC(=O)c1c(C)[nH]c(C(=O)[C@H](C)[NH+](C)Cc2ccccc2C)c1C. The van der Waals surface area contributed by atoms with Gasteiger partial charge in [0.25, 0.3) is 0 Å². The number of carbonyl (C=O) groups excluding carboxylic acids is 2. The van der Waals surface area contributed by atoms with Gasteiger partial charge in [-0.15, -0.1) is 0 Å². The standard InChI is InChI=1S/C20H26N2O3/c1-12-9-7-8-10-16(12)11-22(5)15(4)19(23)18-13(2)17(14(3)21-18)20(24)25-6/h7-10,15,21H,11H2,1-6H3/p+1/t15-/m0/s1. The summed E-state index contributed by atoms with van der Waals surface area (Å²) < 4.78 is 4.82. The summed E-state index contributed by atoms with van der Waals surface area (Å²) >= 11 is 0. The summed E-state index contributed by atoms with van der Waals surface area (Å²) in [5.41, 5.74) is 4.72. The summed E-state index contributed by atoms with van der Waals surface area (Å²) in [5.74, 6) is -0.416. The van der Waals surface area contributed by atoms with E-state index in [0.29, 0.717) is 22.5 Å². The number of rotatable bonds is 6. The number of likely N-dealkylation sites (N-methyl/N-ethyl adjacent to an activating group) is 1. The van der Waals surface area contributed by atoms with Gasteiger partial charge in [-0.3, -0.25) is 4.79 Å². The summed E-state index contributed by atoms with van der Waals surface area (Å²) in [6.45, 7) is 8.33. The number of H-pyrrole nitrogens is 1. The zero-order valence-corrected chi connectivity index (χ0v) is 15.8. The largest absolute Gasteiger partial charge is 0.465 e. The van der Waals surface area contributed by atoms with E-state index in [1.165, 1.54) is 18.2 Å². The number of aromatic amines is 1. The molecule has 1 aromatic heterocycles. The van der Waals surface area contributed by atoms with Crippen molar-refractivity contribution < 1.29 is 19.2 Å². The molecule has 0 fully saturated rings. The minimum atomic E-state index is -0.418. The molecule has 2 atom stereocenters. The maximum atomic E-state index is 13.0. The van der Waals surface area contributed by atoms with Crippen LogP contribution < -0.4 is 4.90 Å². The van der Waals surface area contributed by atoms with Crippen LogP contribution in [0.5, 0.6) is 0 Å². The van der Waals surface area contributed by atoms with E-state index < -0.39 is 5.97 Å². The molecule has 0 saturated carbocycles. The van der Waals surface area contributed by atoms with Crippen LogP contribution in [0.15, 0.2) is 24.3 Å². The summed E-state index contributed by atoms with van der Waals surface area (Å²) in [7, 11) is 3.36. The Bertz CT molecular complexity index is 792. The normalized spacial score (nSPS) is 13.4. The van der Waals surface area contributed by atoms with Gasteiger partial charge in [-0.2, -0.15) is 0 Å². The van der Waals surface area contributed by atoms with Crippen molar-refractivity contribution in [1.82, 2.24) is 4.98 Å². The van der Waals surface area contributed by atoms with E-state index in [2.05, 4.69) is 24.0 Å². The second-order valence-electron chi connectivity index (χ2n) is 6.65. The number of methoxy groups -OCH3 is 1. The minimum Gasteiger partial charge on any atom is -0.465 e. The summed E-state index contributed by atoms with van der Waals surface area (Å²) in [6.07, 6.45) is 0. The third kappa shape index (κ3) is 3.82. The molecule has 5 nitrogen and oxygen atoms in total. The van der Waals surface area contributed by atoms with E-state index in [4.69, 9.17) is 4.74 Å². The molecule has 2 aromatic rings. The van der Waals surface area contributed by atoms with Gasteiger partial charge >= 0.3 is 5.97 Å². The molecule has 1 unspecified atom stereocenters. The molecule has 2 N–H and O–H groups in total. The Hall–Kier alpha value is -2.40. The molecular weight excluding hydrogens is 316 g/mol. The fourth-order valence-electron chi connectivity index (χ4n) is 3.11. The molecule has 1 heterocycles. The predicted octanol–water partition coefficient (Wildman–Crippen LogP) is 2.01. The Morgan fingerprint density at radius 2 is 1.84 bits per heavy atom. The van der Waals surface area contributed by atoms with E-state index in [1.54, 1.807) is 13.8 Å². The molecule has 0 radical (unpaired) electrons. The van der Waals surface area contributed by atoms with E-state index >= 15 is 0 Å². The van der Waals surface area contributed by atoms with Crippen molar-refractivity contribution >= 4 is 11.8 Å². The second-order valence-corrected chi connectivity index (χ2v) is 6.65. The van der Waals surface area contributed by atoms with E-state index in [9.17, 15) is 9.59 Å². The first kappa shape index (κ1) is 18.9. The number of quaternary nitrogens is 1. The highest BCUT2D eigenvalue weighted by molar-refractivity contribution is 6.03. The van der Waals surface area contributed by atoms with Gasteiger partial charge in [-0.25, -0.2) is 4.79 Å². The molecule has 0 aliphatic heterocycles. The van der Waals surface area contributed by atoms with Crippen LogP contribution in [0.3, 0.4) is 0 Å². The maximum absolute atomic E-state index is 13.0. The number of hydrogen-bond donors (Lipinski definition) is 2. The van der Waals surface area contributed by atoms with Crippen LogP contribution in [0.1, 0.15) is 50.2 Å². The molecule has 2 rings (SSSR count). The fourth-order valence-corrected chi connectivity index (χ4v) is 3.11. The number of ketones is 1. The van der Waals surface area contributed by atoms with Gasteiger partial charge in [-0.1, -0.05) is 24.3 Å². The zero-order valence-electron chi connectivity index (χ0n) is 15.8. The number of carbonyl (C=O) groups is 2. The van der Waals surface area contributed by atoms with Crippen molar-refractivity contribution in [2.75, 3.05) is 14.2 Å². The van der Waals surface area contributed by atoms with Gasteiger partial charge in [0.2, 0.25) is 5.78 Å². The minimum absolute atomic E-state index is 0.00170. The van der Waals surface area contributed by atoms with Crippen LogP contribution in [-0.4, -0.2) is 36.9 Å². The zero-order chi connectivity index (χ0) is 18.7. The fraction of sp³-hybridized carbons (Fsp3) is 0.400. The lowest BCUT2D eigenvalue weighted by Crippen LogP contribution is -3.12. The molecule has 1 aromatic carbocycles. The van der Waals surface area contributed by atoms with Crippen LogP contribution in [0, 0.1) is 20.8 Å². The van der Waals surface area contributed by atoms with Crippen molar-refractivity contribution in [1.29, 1.82) is 0 Å². The predicted molar refractivity (Wildman–Crippen MR) is 97.2 cm³/mol. The van der Waals surface area contributed by atoms with E-state index in [1.807, 2.05) is 26.1 Å². The van der Waals surface area contributed by atoms with Crippen molar-refractivity contribution in [3.8, 4) is 0 Å². The van der Waals surface area contributed by atoms with Crippen LogP contribution in [0.4, 0.5) is 0 Å². The van der Waals surface area contributed by atoms with Crippen LogP contribution in [0.25, 0.3) is 0 Å². The Morgan fingerprint density at radius 3 is 2.44 bits per heavy atom. The van der Waals surface area contributed by atoms with Crippen molar-refractivity contribution in [3.63, 3.8) is 0 Å². The lowest BCUT2D eigenvalue weighted by atomic mass is 10.0. The molecular formula is C20H27N2O3+. The lowest BCUT2D eigenvalue weighted by Gasteiger charge is -2.21. The number of nitrogens with one attached hydrogen (secondary N) is 2. The number of aryl methyl sites for hydroxylation is 2. The summed E-state index contributed by atoms with van der Waals surface area (Å²) in [6, 6.07) is 7.97. The third-order valence-electron chi connectivity index (χ3n) is 4.94. The first-order valence-electron chi connectivity index (χ1n) is 8.46. The Labute approximate surface area is 149 Å². The number of ether oxygens (including phenoxy) is 1. The van der Waals surface area contributed by atoms with Crippen molar-refractivity contribution in [2.24, 2.45) is 0 Å². The highest BCUT2D eigenvalue weighted by Crippen LogP contribution is 2.20. The van der Waals surface area contributed by atoms with Crippen LogP contribution in [0.2, 0.25) is 0 Å². The molecule has 5 heteroatoms. The number of aromatic nitrogens is 1. The van der Waals surface area contributed by atoms with Crippen molar-refractivity contribution in [3.05, 3.63) is 57.9 Å². The molecule has 134 valence electrons. The highest BCUT2D eigenvalue weighted by atomic mass is 16.5. The smallest absolute Gasteiger partial charge is 0.339 e. The molecule has 0 bridgehead atoms. The molecule has 25 heavy (non-hydrogen) atoms. The monoisotopic (exact) mass is 343 g/mol. The van der Waals surface area contributed by atoms with Crippen LogP contribution in [-0.2, 0) is 11.3 Å². The molecule has 0 saturated heterocycles. The lowest BCUT2D eigenvalue weighted by molar-refractivity contribution is -0.907. The molecule has 0 amide bonds. The maximum Gasteiger partial charge on any atom is 0.339 e. The van der Waals surface area contributed by atoms with Gasteiger partial charge < -0.3 is 14.6 Å². The number of Topliss-reactive ketones (excluding diaryl/α,β-unsaturated/α-hetero) is 1. The first-order chi connectivity index (χ1) is 11.8. The van der Waals surface area contributed by atoms with Gasteiger partial charge in [0, 0.05) is 11.3 Å². The molecule has 0 spiro atoms. The average molecular weight is 343 g/mol. The summed E-state index contributed by atoms with van der Waals surface area (Å²) in [5, 5.41) is 0. The highest BCUT2D eigenvalue weighted by Gasteiger charge is 2.29. The number of benzene rings is 1. The van der Waals surface area contributed by atoms with Gasteiger partial charge in [0.1, 0.15) is 6.54 Å². The average Bonchev–Trinajstić information content (AvgIpc) is 2.89. The van der Waals surface area contributed by atoms with Gasteiger partial charge in [0.05, 0.1) is 25.4 Å². The Kier molecular flexibility index (Phi) is 5.80. The second kappa shape index (κ2) is 7.66. The molecule has 0 aliphatic rings. The van der Waals surface area contributed by atoms with Gasteiger partial charge in [0.15, 0.2) is 6.04 Å². The third-order valence-corrected chi connectivity index (χ3v) is 4.94. The first-order valence-corrected chi connectivity index (χ1v) is 8.46.